The van der Waals surface area contributed by atoms with Gasteiger partial charge in [0.25, 0.3) is 5.91 Å². The predicted molar refractivity (Wildman–Crippen MR) is 99.1 cm³/mol. The molecule has 5 rings (SSSR count). The molecule has 134 valence electrons. The molecule has 1 aromatic carbocycles. The zero-order chi connectivity index (χ0) is 17.5. The van der Waals surface area contributed by atoms with Crippen LogP contribution in [0.4, 0.5) is 0 Å². The third kappa shape index (κ3) is 2.52. The number of fused-ring (bicyclic) bond motifs is 2. The van der Waals surface area contributed by atoms with Crippen LogP contribution in [-0.2, 0) is 12.8 Å². The first-order chi connectivity index (χ1) is 12.8. The number of rotatable bonds is 2. The number of H-pyrrole nitrogens is 1. The zero-order valence-corrected chi connectivity index (χ0v) is 14.8. The molecule has 0 saturated carbocycles. The molecule has 0 spiro atoms. The molecule has 1 aliphatic heterocycles. The summed E-state index contributed by atoms with van der Waals surface area (Å²) in [5, 5.41) is 9.84. The number of hydrogen-bond acceptors (Lipinski definition) is 3. The highest BCUT2D eigenvalue weighted by atomic mass is 16.2. The number of aromatic amines is 1. The molecule has 2 aliphatic rings. The van der Waals surface area contributed by atoms with Crippen LogP contribution in [0.5, 0.6) is 0 Å². The summed E-state index contributed by atoms with van der Waals surface area (Å²) < 4.78 is 2.16. The van der Waals surface area contributed by atoms with Crippen molar-refractivity contribution in [3.8, 4) is 0 Å². The molecule has 0 radical (unpaired) electrons. The highest BCUT2D eigenvalue weighted by Gasteiger charge is 2.28. The van der Waals surface area contributed by atoms with E-state index in [9.17, 15) is 4.79 Å². The van der Waals surface area contributed by atoms with Crippen LogP contribution in [0, 0.1) is 0 Å². The molecule has 2 aromatic heterocycles. The molecule has 1 amide bonds. The number of amides is 1. The van der Waals surface area contributed by atoms with Crippen molar-refractivity contribution >= 4 is 16.8 Å². The molecule has 6 nitrogen and oxygen atoms in total. The van der Waals surface area contributed by atoms with Crippen LogP contribution in [0.3, 0.4) is 0 Å². The fraction of sp³-hybridized carbons (Fsp3) is 0.450. The minimum Gasteiger partial charge on any atom is -0.361 e. The van der Waals surface area contributed by atoms with E-state index in [0.29, 0.717) is 6.04 Å². The molecular weight excluding hydrogens is 326 g/mol. The molecule has 26 heavy (non-hydrogen) atoms. The molecule has 1 N–H and O–H groups in total. The summed E-state index contributed by atoms with van der Waals surface area (Å²) in [6.45, 7) is 1.55. The number of benzene rings is 1. The Morgan fingerprint density at radius 1 is 1.12 bits per heavy atom. The quantitative estimate of drug-likeness (QED) is 0.773. The van der Waals surface area contributed by atoms with Gasteiger partial charge in [0, 0.05) is 35.8 Å². The summed E-state index contributed by atoms with van der Waals surface area (Å²) in [4.78, 5) is 18.2. The van der Waals surface area contributed by atoms with Crippen molar-refractivity contribution in [3.05, 3.63) is 47.4 Å². The number of aryl methyl sites for hydroxylation is 1. The lowest BCUT2D eigenvalue weighted by Crippen LogP contribution is -2.39. The fourth-order valence-corrected chi connectivity index (χ4v) is 4.43. The predicted octanol–water partition coefficient (Wildman–Crippen LogP) is 3.12. The van der Waals surface area contributed by atoms with E-state index in [-0.39, 0.29) is 5.91 Å². The molecule has 3 heterocycles. The Bertz CT molecular complexity index is 948. The Labute approximate surface area is 152 Å². The van der Waals surface area contributed by atoms with Crippen LogP contribution in [0.25, 0.3) is 10.9 Å². The first kappa shape index (κ1) is 15.6. The van der Waals surface area contributed by atoms with Crippen molar-refractivity contribution in [2.45, 2.75) is 44.6 Å². The van der Waals surface area contributed by atoms with Crippen molar-refractivity contribution in [2.24, 2.45) is 0 Å². The first-order valence-electron chi connectivity index (χ1n) is 9.59. The second-order valence-corrected chi connectivity index (χ2v) is 7.40. The maximum atomic E-state index is 13.0. The Kier molecular flexibility index (Phi) is 3.76. The number of carbonyl (C=O) groups excluding carboxylic acids is 1. The number of piperidine rings is 1. The van der Waals surface area contributed by atoms with Crippen molar-refractivity contribution in [3.63, 3.8) is 0 Å². The van der Waals surface area contributed by atoms with E-state index in [1.807, 2.05) is 35.4 Å². The van der Waals surface area contributed by atoms with Crippen LogP contribution >= 0.6 is 0 Å². The van der Waals surface area contributed by atoms with Gasteiger partial charge < -0.3 is 9.88 Å². The minimum absolute atomic E-state index is 0.134. The van der Waals surface area contributed by atoms with Gasteiger partial charge in [0.2, 0.25) is 0 Å². The van der Waals surface area contributed by atoms with Crippen molar-refractivity contribution < 1.29 is 4.79 Å². The van der Waals surface area contributed by atoms with Crippen LogP contribution in [0.15, 0.2) is 30.5 Å². The molecule has 3 aromatic rings. The lowest BCUT2D eigenvalue weighted by Gasteiger charge is -2.33. The van der Waals surface area contributed by atoms with Crippen LogP contribution in [-0.4, -0.2) is 43.9 Å². The van der Waals surface area contributed by atoms with Crippen molar-refractivity contribution in [1.82, 2.24) is 24.9 Å². The highest BCUT2D eigenvalue weighted by Crippen LogP contribution is 2.29. The number of carbonyl (C=O) groups is 1. The molecule has 0 unspecified atom stereocenters. The summed E-state index contributed by atoms with van der Waals surface area (Å²) in [6, 6.07) is 8.23. The second-order valence-electron chi connectivity index (χ2n) is 7.40. The van der Waals surface area contributed by atoms with Gasteiger partial charge in [-0.05, 0) is 56.7 Å². The second kappa shape index (κ2) is 6.27. The number of likely N-dealkylation sites (tertiary alicyclic amines) is 1. The normalized spacial score (nSPS) is 18.2. The summed E-state index contributed by atoms with van der Waals surface area (Å²) >= 11 is 0. The number of nitrogens with zero attached hydrogens (tertiary/aromatic N) is 4. The monoisotopic (exact) mass is 349 g/mol. The Balaban J connectivity index is 1.32. The van der Waals surface area contributed by atoms with Gasteiger partial charge in [-0.25, -0.2) is 4.68 Å². The van der Waals surface area contributed by atoms with Crippen LogP contribution < -0.4 is 0 Å². The lowest BCUT2D eigenvalue weighted by molar-refractivity contribution is 0.0690. The number of nitrogens with one attached hydrogen (secondary N) is 1. The van der Waals surface area contributed by atoms with Crippen LogP contribution in [0.2, 0.25) is 0 Å². The van der Waals surface area contributed by atoms with E-state index in [0.717, 1.165) is 55.2 Å². The third-order valence-corrected chi connectivity index (χ3v) is 5.87. The molecule has 1 aliphatic carbocycles. The molecule has 1 saturated heterocycles. The molecule has 1 fully saturated rings. The van der Waals surface area contributed by atoms with E-state index >= 15 is 0 Å². The summed E-state index contributed by atoms with van der Waals surface area (Å²) in [5.74, 6) is 0.134. The fourth-order valence-electron chi connectivity index (χ4n) is 4.43. The first-order valence-corrected chi connectivity index (χ1v) is 9.59. The summed E-state index contributed by atoms with van der Waals surface area (Å²) in [5.41, 5.74) is 4.33. The van der Waals surface area contributed by atoms with E-state index in [1.54, 1.807) is 0 Å². The van der Waals surface area contributed by atoms with E-state index in [2.05, 4.69) is 20.0 Å². The standard InChI is InChI=1S/C20H23N5O/c26-20(16-4-3-6-17-15(16)8-11-21-17)24-12-9-14(10-13-24)25-19-7-2-1-5-18(19)22-23-25/h3-4,6,8,11,14,21H,1-2,5,7,9-10,12-13H2. The zero-order valence-electron chi connectivity index (χ0n) is 14.8. The summed E-state index contributed by atoms with van der Waals surface area (Å²) in [7, 11) is 0. The van der Waals surface area contributed by atoms with Crippen LogP contribution in [0.1, 0.15) is 53.5 Å². The summed E-state index contributed by atoms with van der Waals surface area (Å²) in [6.07, 6.45) is 8.41. The largest absolute Gasteiger partial charge is 0.361 e. The van der Waals surface area contributed by atoms with Crippen molar-refractivity contribution in [1.29, 1.82) is 0 Å². The van der Waals surface area contributed by atoms with Crippen molar-refractivity contribution in [2.75, 3.05) is 13.1 Å². The van der Waals surface area contributed by atoms with Gasteiger partial charge in [0.15, 0.2) is 0 Å². The lowest BCUT2D eigenvalue weighted by atomic mass is 9.98. The Morgan fingerprint density at radius 2 is 1.96 bits per heavy atom. The number of aromatic nitrogens is 4. The average Bonchev–Trinajstić information content (AvgIpc) is 3.34. The molecular formula is C20H23N5O. The van der Waals surface area contributed by atoms with Gasteiger partial charge in [-0.15, -0.1) is 5.10 Å². The molecule has 6 heteroatoms. The molecule has 0 bridgehead atoms. The van der Waals surface area contributed by atoms with Gasteiger partial charge in [0.05, 0.1) is 17.4 Å². The smallest absolute Gasteiger partial charge is 0.254 e. The third-order valence-electron chi connectivity index (χ3n) is 5.87. The Hall–Kier alpha value is -2.63. The van der Waals surface area contributed by atoms with E-state index in [1.165, 1.54) is 24.2 Å². The maximum absolute atomic E-state index is 13.0. The molecule has 0 atom stereocenters. The van der Waals surface area contributed by atoms with Gasteiger partial charge in [0.1, 0.15) is 0 Å². The maximum Gasteiger partial charge on any atom is 0.254 e. The van der Waals surface area contributed by atoms with Gasteiger partial charge in [-0.3, -0.25) is 4.79 Å². The van der Waals surface area contributed by atoms with Gasteiger partial charge in [-0.2, -0.15) is 0 Å². The highest BCUT2D eigenvalue weighted by molar-refractivity contribution is 6.06. The SMILES string of the molecule is O=C(c1cccc2[nH]ccc12)N1CCC(n2nnc3c2CCCC3)CC1. The number of hydrogen-bond donors (Lipinski definition) is 1. The minimum atomic E-state index is 0.134. The van der Waals surface area contributed by atoms with E-state index in [4.69, 9.17) is 0 Å². The Morgan fingerprint density at radius 3 is 2.85 bits per heavy atom. The topological polar surface area (TPSA) is 66.8 Å². The van der Waals surface area contributed by atoms with Gasteiger partial charge in [-0.1, -0.05) is 11.3 Å². The van der Waals surface area contributed by atoms with Gasteiger partial charge >= 0.3 is 0 Å². The van der Waals surface area contributed by atoms with E-state index < -0.39 is 0 Å². The average molecular weight is 349 g/mol.